The summed E-state index contributed by atoms with van der Waals surface area (Å²) >= 11 is 0. The van der Waals surface area contributed by atoms with Crippen LogP contribution in [0.3, 0.4) is 0 Å². The molecule has 0 unspecified atom stereocenters. The van der Waals surface area contributed by atoms with Gasteiger partial charge < -0.3 is 4.90 Å². The molecule has 6 heteroatoms. The highest BCUT2D eigenvalue weighted by molar-refractivity contribution is 7.89. The number of piperidine rings is 1. The third-order valence-corrected chi connectivity index (χ3v) is 7.86. The van der Waals surface area contributed by atoms with Gasteiger partial charge in [0.15, 0.2) is 0 Å². The van der Waals surface area contributed by atoms with E-state index in [4.69, 9.17) is 0 Å². The normalized spacial score (nSPS) is 16.0. The minimum Gasteiger partial charge on any atom is -0.341 e. The molecule has 2 aromatic rings. The number of rotatable bonds is 5. The summed E-state index contributed by atoms with van der Waals surface area (Å²) in [6.45, 7) is 7.16. The summed E-state index contributed by atoms with van der Waals surface area (Å²) in [5.74, 6) is -0.0357. The fraction of sp³-hybridized carbons (Fsp3) is 0.435. The Morgan fingerprint density at radius 1 is 1.03 bits per heavy atom. The number of carbonyl (C=O) groups is 1. The fourth-order valence-corrected chi connectivity index (χ4v) is 5.68. The molecule has 0 radical (unpaired) electrons. The highest BCUT2D eigenvalue weighted by Gasteiger charge is 2.33. The van der Waals surface area contributed by atoms with Crippen LogP contribution in [0.5, 0.6) is 0 Å². The molecule has 0 spiro atoms. The minimum absolute atomic E-state index is 0.0943. The van der Waals surface area contributed by atoms with E-state index in [2.05, 4.69) is 0 Å². The predicted molar refractivity (Wildman–Crippen MR) is 115 cm³/mol. The van der Waals surface area contributed by atoms with Gasteiger partial charge in [-0.15, -0.1) is 0 Å². The van der Waals surface area contributed by atoms with E-state index in [1.165, 1.54) is 9.87 Å². The zero-order valence-corrected chi connectivity index (χ0v) is 18.5. The molecule has 5 nitrogen and oxygen atoms in total. The summed E-state index contributed by atoms with van der Waals surface area (Å²) < 4.78 is 27.6. The van der Waals surface area contributed by atoms with Gasteiger partial charge in [-0.25, -0.2) is 8.42 Å². The molecule has 0 N–H and O–H groups in total. The monoisotopic (exact) mass is 414 g/mol. The van der Waals surface area contributed by atoms with Crippen LogP contribution in [-0.2, 0) is 21.4 Å². The summed E-state index contributed by atoms with van der Waals surface area (Å²) in [6, 6.07) is 13.5. The number of nitrogens with zero attached hydrogens (tertiary/aromatic N) is 2. The lowest BCUT2D eigenvalue weighted by Gasteiger charge is -2.33. The van der Waals surface area contributed by atoms with Gasteiger partial charge in [0.2, 0.25) is 15.9 Å². The van der Waals surface area contributed by atoms with E-state index in [0.717, 1.165) is 16.7 Å². The Morgan fingerprint density at radius 2 is 1.69 bits per heavy atom. The van der Waals surface area contributed by atoms with E-state index in [-0.39, 0.29) is 11.8 Å². The van der Waals surface area contributed by atoms with Crippen LogP contribution in [0.4, 0.5) is 0 Å². The maximum Gasteiger partial charge on any atom is 0.243 e. The van der Waals surface area contributed by atoms with Crippen LogP contribution >= 0.6 is 0 Å². The molecule has 0 atom stereocenters. The molecule has 0 aromatic heterocycles. The minimum atomic E-state index is -3.52. The molecule has 0 bridgehead atoms. The Morgan fingerprint density at radius 3 is 2.31 bits per heavy atom. The summed E-state index contributed by atoms with van der Waals surface area (Å²) in [5.41, 5.74) is 4.11. The van der Waals surface area contributed by atoms with Crippen LogP contribution in [0.25, 0.3) is 0 Å². The quantitative estimate of drug-likeness (QED) is 0.750. The number of amides is 1. The first kappa shape index (κ1) is 21.5. The van der Waals surface area contributed by atoms with E-state index in [9.17, 15) is 13.2 Å². The van der Waals surface area contributed by atoms with Gasteiger partial charge in [-0.2, -0.15) is 4.31 Å². The third kappa shape index (κ3) is 4.70. The second kappa shape index (κ2) is 8.67. The molecule has 0 saturated carbocycles. The first-order valence-corrected chi connectivity index (χ1v) is 11.5. The maximum atomic E-state index is 13.0. The van der Waals surface area contributed by atoms with Crippen molar-refractivity contribution in [2.75, 3.05) is 20.1 Å². The van der Waals surface area contributed by atoms with E-state index >= 15 is 0 Å². The molecule has 3 rings (SSSR count). The first-order chi connectivity index (χ1) is 13.7. The Labute approximate surface area is 174 Å². The number of carbonyl (C=O) groups excluding carboxylic acids is 1. The maximum absolute atomic E-state index is 13.0. The lowest BCUT2D eigenvalue weighted by Crippen LogP contribution is -2.43. The summed E-state index contributed by atoms with van der Waals surface area (Å²) in [6.07, 6.45) is 1.11. The van der Waals surface area contributed by atoms with Crippen LogP contribution in [0, 0.1) is 26.7 Å². The van der Waals surface area contributed by atoms with Crippen LogP contribution < -0.4 is 0 Å². The predicted octanol–water partition coefficient (Wildman–Crippen LogP) is 3.67. The van der Waals surface area contributed by atoms with E-state index < -0.39 is 10.0 Å². The Hall–Kier alpha value is -2.18. The second-order valence-electron chi connectivity index (χ2n) is 8.07. The second-order valence-corrected chi connectivity index (χ2v) is 9.97. The summed E-state index contributed by atoms with van der Waals surface area (Å²) in [7, 11) is -1.70. The molecule has 1 aliphatic heterocycles. The van der Waals surface area contributed by atoms with E-state index in [1.807, 2.05) is 64.2 Å². The molecule has 156 valence electrons. The number of hydrogen-bond donors (Lipinski definition) is 0. The lowest BCUT2D eigenvalue weighted by atomic mass is 9.96. The average molecular weight is 415 g/mol. The van der Waals surface area contributed by atoms with Crippen molar-refractivity contribution in [1.82, 2.24) is 9.21 Å². The summed E-state index contributed by atoms with van der Waals surface area (Å²) in [4.78, 5) is 15.0. The van der Waals surface area contributed by atoms with Crippen molar-refractivity contribution in [3.63, 3.8) is 0 Å². The van der Waals surface area contributed by atoms with Crippen molar-refractivity contribution >= 4 is 15.9 Å². The topological polar surface area (TPSA) is 57.7 Å². The lowest BCUT2D eigenvalue weighted by molar-refractivity contribution is -0.135. The van der Waals surface area contributed by atoms with Crippen molar-refractivity contribution in [3.05, 3.63) is 64.7 Å². The molecule has 1 saturated heterocycles. The molecule has 1 heterocycles. The van der Waals surface area contributed by atoms with Crippen molar-refractivity contribution in [3.8, 4) is 0 Å². The van der Waals surface area contributed by atoms with Gasteiger partial charge in [0, 0.05) is 32.6 Å². The highest BCUT2D eigenvalue weighted by atomic mass is 32.2. The van der Waals surface area contributed by atoms with Crippen molar-refractivity contribution in [2.45, 2.75) is 45.1 Å². The van der Waals surface area contributed by atoms with Gasteiger partial charge in [-0.05, 0) is 56.4 Å². The number of hydrogen-bond acceptors (Lipinski definition) is 3. The standard InChI is InChI=1S/C23H30N2O3S/c1-17-9-10-22(19(3)15-17)29(27,28)25-13-11-20(12-14-25)23(26)24(4)16-21-8-6-5-7-18(21)2/h5-10,15,20H,11-14,16H2,1-4H3. The van der Waals surface area contributed by atoms with Gasteiger partial charge in [-0.1, -0.05) is 42.0 Å². The molecule has 1 fully saturated rings. The largest absolute Gasteiger partial charge is 0.341 e. The molecular formula is C23H30N2O3S. The molecule has 29 heavy (non-hydrogen) atoms. The molecule has 1 aliphatic rings. The zero-order chi connectivity index (χ0) is 21.2. The van der Waals surface area contributed by atoms with Gasteiger partial charge in [0.05, 0.1) is 4.90 Å². The average Bonchev–Trinajstić information content (AvgIpc) is 2.69. The number of benzene rings is 2. The first-order valence-electron chi connectivity index (χ1n) is 10.1. The summed E-state index contributed by atoms with van der Waals surface area (Å²) in [5, 5.41) is 0. The van der Waals surface area contributed by atoms with Gasteiger partial charge in [0.25, 0.3) is 0 Å². The number of aryl methyl sites for hydroxylation is 3. The molecule has 0 aliphatic carbocycles. The zero-order valence-electron chi connectivity index (χ0n) is 17.7. The number of sulfonamides is 1. The Kier molecular flexibility index (Phi) is 6.44. The molecule has 2 aromatic carbocycles. The van der Waals surface area contributed by atoms with Crippen LogP contribution in [0.15, 0.2) is 47.4 Å². The smallest absolute Gasteiger partial charge is 0.243 e. The van der Waals surface area contributed by atoms with Crippen LogP contribution in [0.2, 0.25) is 0 Å². The molecule has 1 amide bonds. The SMILES string of the molecule is Cc1ccc(S(=O)(=O)N2CCC(C(=O)N(C)Cc3ccccc3C)CC2)c(C)c1. The van der Waals surface area contributed by atoms with Gasteiger partial charge in [-0.3, -0.25) is 4.79 Å². The highest BCUT2D eigenvalue weighted by Crippen LogP contribution is 2.27. The van der Waals surface area contributed by atoms with Gasteiger partial charge >= 0.3 is 0 Å². The Bertz CT molecular complexity index is 993. The van der Waals surface area contributed by atoms with Gasteiger partial charge in [0.1, 0.15) is 0 Å². The third-order valence-electron chi connectivity index (χ3n) is 5.80. The Balaban J connectivity index is 1.63. The molecular weight excluding hydrogens is 384 g/mol. The fourth-order valence-electron chi connectivity index (χ4n) is 4.00. The van der Waals surface area contributed by atoms with Crippen molar-refractivity contribution in [2.24, 2.45) is 5.92 Å². The van der Waals surface area contributed by atoms with Crippen molar-refractivity contribution in [1.29, 1.82) is 0 Å². The van der Waals surface area contributed by atoms with Crippen LogP contribution in [0.1, 0.15) is 35.1 Å². The van der Waals surface area contributed by atoms with Crippen molar-refractivity contribution < 1.29 is 13.2 Å². The van der Waals surface area contributed by atoms with E-state index in [0.29, 0.717) is 37.4 Å². The van der Waals surface area contributed by atoms with E-state index in [1.54, 1.807) is 11.0 Å². The van der Waals surface area contributed by atoms with Crippen LogP contribution in [-0.4, -0.2) is 43.7 Å².